The fourth-order valence-electron chi connectivity index (χ4n) is 1.17. The Morgan fingerprint density at radius 1 is 1.25 bits per heavy atom. The van der Waals surface area contributed by atoms with Gasteiger partial charge in [0.25, 0.3) is 7.82 Å². The van der Waals surface area contributed by atoms with Gasteiger partial charge in [-0.3, -0.25) is 9.36 Å². The van der Waals surface area contributed by atoms with E-state index in [1.165, 1.54) is 14.0 Å². The van der Waals surface area contributed by atoms with Crippen LogP contribution >= 0.6 is 7.82 Å². The zero-order chi connectivity index (χ0) is 15.8. The highest BCUT2D eigenvalue weighted by Crippen LogP contribution is 2.38. The van der Waals surface area contributed by atoms with Crippen molar-refractivity contribution in [1.82, 2.24) is 0 Å². The molecule has 2 atom stereocenters. The lowest BCUT2D eigenvalue weighted by molar-refractivity contribution is -0.870. The molecule has 120 valence electrons. The molecule has 0 heterocycles. The number of nitrogens with zero attached hydrogens (tertiary/aromatic N) is 1. The first-order valence-corrected chi connectivity index (χ1v) is 7.58. The number of phosphoric acid groups is 1. The van der Waals surface area contributed by atoms with E-state index in [1.54, 1.807) is 0 Å². The van der Waals surface area contributed by atoms with Crippen LogP contribution in [-0.2, 0) is 27.9 Å². The fraction of sp³-hybridized carbons (Fsp3) is 0.909. The fourth-order valence-corrected chi connectivity index (χ4v) is 1.90. The first-order chi connectivity index (χ1) is 9.06. The lowest BCUT2D eigenvalue weighted by Crippen LogP contribution is -2.37. The Hall–Kier alpha value is -0.500. The first kappa shape index (κ1) is 19.5. The maximum atomic E-state index is 11.5. The number of carbonyl (C=O) groups is 1. The summed E-state index contributed by atoms with van der Waals surface area (Å²) in [4.78, 5) is 22.3. The van der Waals surface area contributed by atoms with Gasteiger partial charge in [0.05, 0.1) is 34.4 Å². The summed E-state index contributed by atoms with van der Waals surface area (Å²) in [5, 5.41) is 0. The van der Waals surface area contributed by atoms with E-state index in [0.717, 1.165) is 0 Å². The Bertz CT molecular complexity index is 342. The van der Waals surface area contributed by atoms with Crippen molar-refractivity contribution in [2.45, 2.75) is 13.0 Å². The number of esters is 1. The second-order valence-corrected chi connectivity index (χ2v) is 6.69. The zero-order valence-corrected chi connectivity index (χ0v) is 13.6. The van der Waals surface area contributed by atoms with E-state index in [4.69, 9.17) is 14.0 Å². The van der Waals surface area contributed by atoms with Crippen molar-refractivity contribution in [3.63, 3.8) is 0 Å². The summed E-state index contributed by atoms with van der Waals surface area (Å²) in [7, 11) is 2.74. The maximum absolute atomic E-state index is 11.5. The van der Waals surface area contributed by atoms with E-state index in [2.05, 4.69) is 4.52 Å². The number of ether oxygens (including phenoxy) is 2. The molecule has 0 aliphatic heterocycles. The minimum absolute atomic E-state index is 0.0206. The molecule has 0 aliphatic carbocycles. The summed E-state index contributed by atoms with van der Waals surface area (Å²) in [5.74, 6) is -0.540. The molecule has 20 heavy (non-hydrogen) atoms. The van der Waals surface area contributed by atoms with Crippen LogP contribution in [0.1, 0.15) is 6.92 Å². The molecule has 1 unspecified atom stereocenters. The van der Waals surface area contributed by atoms with Crippen molar-refractivity contribution in [2.75, 3.05) is 54.6 Å². The van der Waals surface area contributed by atoms with Crippen LogP contribution in [0.5, 0.6) is 0 Å². The van der Waals surface area contributed by atoms with Crippen LogP contribution in [-0.4, -0.2) is 71.2 Å². The number of rotatable bonds is 10. The molecule has 0 bridgehead atoms. The number of methoxy groups -OCH3 is 1. The van der Waals surface area contributed by atoms with Gasteiger partial charge in [0.15, 0.2) is 0 Å². The van der Waals surface area contributed by atoms with Gasteiger partial charge in [-0.15, -0.1) is 0 Å². The second-order valence-electron chi connectivity index (χ2n) is 5.28. The van der Waals surface area contributed by atoms with Gasteiger partial charge in [-0.25, -0.2) is 0 Å². The summed E-state index contributed by atoms with van der Waals surface area (Å²) in [6, 6.07) is 0. The topological polar surface area (TPSA) is 94.1 Å². The van der Waals surface area contributed by atoms with Crippen molar-refractivity contribution in [3.8, 4) is 0 Å². The average molecular weight is 313 g/mol. The Morgan fingerprint density at radius 2 is 1.85 bits per heavy atom. The third-order valence-electron chi connectivity index (χ3n) is 2.12. The highest BCUT2D eigenvalue weighted by Gasteiger charge is 2.18. The SMILES string of the molecule is COC[C@H](COP(=O)([O-])OCC[N+](C)(C)C)OC(C)=O. The molecule has 8 nitrogen and oxygen atoms in total. The summed E-state index contributed by atoms with van der Waals surface area (Å²) in [6.07, 6.45) is -0.790. The van der Waals surface area contributed by atoms with Gasteiger partial charge in [0.2, 0.25) is 0 Å². The van der Waals surface area contributed by atoms with Gasteiger partial charge in [0.1, 0.15) is 19.3 Å². The van der Waals surface area contributed by atoms with Crippen molar-refractivity contribution >= 4 is 13.8 Å². The highest BCUT2D eigenvalue weighted by atomic mass is 31.2. The molecule has 0 fully saturated rings. The standard InChI is InChI=1S/C11H24NO7P/c1-10(13)19-11(8-16-5)9-18-20(14,15)17-7-6-12(2,3)4/h11H,6-9H2,1-5H3/t11-/m1/s1. The summed E-state index contributed by atoms with van der Waals surface area (Å²) < 4.78 is 31.1. The van der Waals surface area contributed by atoms with E-state index in [0.29, 0.717) is 11.0 Å². The summed E-state index contributed by atoms with van der Waals surface area (Å²) in [5.41, 5.74) is 0. The third kappa shape index (κ3) is 11.3. The Kier molecular flexibility index (Phi) is 8.50. The lowest BCUT2D eigenvalue weighted by atomic mass is 10.4. The molecule has 0 aromatic carbocycles. The Morgan fingerprint density at radius 3 is 2.30 bits per heavy atom. The van der Waals surface area contributed by atoms with Gasteiger partial charge in [-0.1, -0.05) is 0 Å². The molecule has 0 aromatic heterocycles. The minimum atomic E-state index is -4.41. The molecule has 0 aliphatic rings. The molecule has 0 saturated heterocycles. The molecule has 0 aromatic rings. The van der Waals surface area contributed by atoms with Crippen molar-refractivity contribution < 1.29 is 37.3 Å². The number of quaternary nitrogens is 1. The number of phosphoric ester groups is 1. The maximum Gasteiger partial charge on any atom is 0.303 e. The molecule has 0 spiro atoms. The quantitative estimate of drug-likeness (QED) is 0.312. The molecule has 0 saturated carbocycles. The second kappa shape index (κ2) is 8.71. The van der Waals surface area contributed by atoms with Crippen LogP contribution in [0.25, 0.3) is 0 Å². The predicted octanol–water partition coefficient (Wildman–Crippen LogP) is -0.228. The van der Waals surface area contributed by atoms with Crippen molar-refractivity contribution in [3.05, 3.63) is 0 Å². The molecular weight excluding hydrogens is 289 g/mol. The number of hydrogen-bond acceptors (Lipinski definition) is 7. The van der Waals surface area contributed by atoms with E-state index in [9.17, 15) is 14.3 Å². The Balaban J connectivity index is 4.16. The van der Waals surface area contributed by atoms with E-state index in [1.807, 2.05) is 21.1 Å². The summed E-state index contributed by atoms with van der Waals surface area (Å²) >= 11 is 0. The van der Waals surface area contributed by atoms with Gasteiger partial charge < -0.3 is 27.9 Å². The van der Waals surface area contributed by atoms with Crippen LogP contribution in [0.3, 0.4) is 0 Å². The van der Waals surface area contributed by atoms with Crippen molar-refractivity contribution in [1.29, 1.82) is 0 Å². The lowest BCUT2D eigenvalue weighted by Gasteiger charge is -2.28. The van der Waals surface area contributed by atoms with Gasteiger partial charge >= 0.3 is 5.97 Å². The van der Waals surface area contributed by atoms with E-state index >= 15 is 0 Å². The van der Waals surface area contributed by atoms with Crippen LogP contribution in [0.15, 0.2) is 0 Å². The zero-order valence-electron chi connectivity index (χ0n) is 12.7. The van der Waals surface area contributed by atoms with Crippen LogP contribution in [0, 0.1) is 0 Å². The van der Waals surface area contributed by atoms with Crippen LogP contribution < -0.4 is 4.89 Å². The highest BCUT2D eigenvalue weighted by molar-refractivity contribution is 7.45. The monoisotopic (exact) mass is 313 g/mol. The van der Waals surface area contributed by atoms with Gasteiger partial charge in [0, 0.05) is 14.0 Å². The molecule has 0 rings (SSSR count). The van der Waals surface area contributed by atoms with E-state index < -0.39 is 19.9 Å². The number of likely N-dealkylation sites (N-methyl/N-ethyl adjacent to an activating group) is 1. The number of hydrogen-bond donors (Lipinski definition) is 0. The smallest absolute Gasteiger partial charge is 0.303 e. The first-order valence-electron chi connectivity index (χ1n) is 6.12. The Labute approximate surface area is 119 Å². The predicted molar refractivity (Wildman–Crippen MR) is 69.8 cm³/mol. The minimum Gasteiger partial charge on any atom is -0.756 e. The van der Waals surface area contributed by atoms with E-state index in [-0.39, 0.29) is 19.8 Å². The van der Waals surface area contributed by atoms with Gasteiger partial charge in [-0.2, -0.15) is 0 Å². The molecular formula is C11H24NO7P. The molecule has 9 heteroatoms. The molecule has 0 N–H and O–H groups in total. The van der Waals surface area contributed by atoms with Crippen LogP contribution in [0.4, 0.5) is 0 Å². The molecule has 0 amide bonds. The molecule has 0 radical (unpaired) electrons. The van der Waals surface area contributed by atoms with Crippen LogP contribution in [0.2, 0.25) is 0 Å². The normalized spacial score (nSPS) is 16.5. The third-order valence-corrected chi connectivity index (χ3v) is 3.08. The summed E-state index contributed by atoms with van der Waals surface area (Å²) in [6.45, 7) is 1.46. The average Bonchev–Trinajstić information content (AvgIpc) is 2.23. The largest absolute Gasteiger partial charge is 0.756 e. The van der Waals surface area contributed by atoms with Crippen molar-refractivity contribution in [2.24, 2.45) is 0 Å². The van der Waals surface area contributed by atoms with Gasteiger partial charge in [-0.05, 0) is 0 Å². The number of carbonyl (C=O) groups excluding carboxylic acids is 1.